The molecule has 1 radical (unpaired) electrons. The smallest absolute Gasteiger partial charge is 0.292 e. The highest BCUT2D eigenvalue weighted by Gasteiger charge is 2.20. The molecule has 0 bridgehead atoms. The summed E-state index contributed by atoms with van der Waals surface area (Å²) in [4.78, 5) is 26.2. The summed E-state index contributed by atoms with van der Waals surface area (Å²) in [5, 5.41) is 14.1. The van der Waals surface area contributed by atoms with Gasteiger partial charge in [0.05, 0.1) is 4.70 Å². The molecule has 3 aromatic rings. The number of thiophene rings is 1. The molecule has 3 N–H and O–H groups in total. The first-order chi connectivity index (χ1) is 10.4. The molecule has 0 spiro atoms. The molecule has 1 aromatic carbocycles. The highest BCUT2D eigenvalue weighted by Crippen LogP contribution is 2.43. The number of rotatable bonds is 2. The van der Waals surface area contributed by atoms with Crippen LogP contribution in [0.4, 0.5) is 5.69 Å². The van der Waals surface area contributed by atoms with Crippen LogP contribution in [0.3, 0.4) is 0 Å². The monoisotopic (exact) mass is 334 g/mol. The molecule has 0 atom stereocenters. The minimum Gasteiger partial charge on any atom is -0.504 e. The molecular formula is C14H9ClN3O3S. The summed E-state index contributed by atoms with van der Waals surface area (Å²) in [6.45, 7) is 1.41. The Balaban J connectivity index is 2.36. The van der Waals surface area contributed by atoms with E-state index < -0.39 is 5.91 Å². The van der Waals surface area contributed by atoms with Crippen LogP contribution in [0.2, 0.25) is 5.15 Å². The molecule has 8 heteroatoms. The lowest BCUT2D eigenvalue weighted by atomic mass is 10.1. The number of halogens is 1. The van der Waals surface area contributed by atoms with Gasteiger partial charge in [-0.15, -0.1) is 11.3 Å². The molecule has 22 heavy (non-hydrogen) atoms. The van der Waals surface area contributed by atoms with Crippen LogP contribution in [0, 0.1) is 0 Å². The molecule has 6 nitrogen and oxygen atoms in total. The summed E-state index contributed by atoms with van der Waals surface area (Å²) < 4.78 is 1.21. The molecule has 0 saturated carbocycles. The fourth-order valence-electron chi connectivity index (χ4n) is 2.22. The number of amides is 2. The Hall–Kier alpha value is -2.38. The number of benzene rings is 1. The maximum atomic E-state index is 11.2. The summed E-state index contributed by atoms with van der Waals surface area (Å²) in [5.74, 6) is -1.65. The maximum Gasteiger partial charge on any atom is 0.292 e. The Bertz CT molecular complexity index is 952. The lowest BCUT2D eigenvalue weighted by Crippen LogP contribution is -2.05. The van der Waals surface area contributed by atoms with Crippen molar-refractivity contribution in [1.82, 2.24) is 10.7 Å². The number of hydrogen-bond donors (Lipinski definition) is 2. The van der Waals surface area contributed by atoms with Crippen molar-refractivity contribution < 1.29 is 14.7 Å². The molecule has 0 aliphatic heterocycles. The van der Waals surface area contributed by atoms with Crippen LogP contribution >= 0.6 is 22.9 Å². The van der Waals surface area contributed by atoms with Crippen molar-refractivity contribution in [2.24, 2.45) is 0 Å². The van der Waals surface area contributed by atoms with E-state index in [1.807, 2.05) is 0 Å². The molecule has 2 amide bonds. The minimum atomic E-state index is -1.10. The molecule has 0 fully saturated rings. The van der Waals surface area contributed by atoms with Gasteiger partial charge in [0, 0.05) is 28.1 Å². The highest BCUT2D eigenvalue weighted by molar-refractivity contribution is 7.26. The highest BCUT2D eigenvalue weighted by atomic mass is 35.5. The van der Waals surface area contributed by atoms with E-state index in [0.29, 0.717) is 21.2 Å². The van der Waals surface area contributed by atoms with E-state index in [2.05, 4.69) is 10.3 Å². The predicted molar refractivity (Wildman–Crippen MR) is 85.5 cm³/mol. The van der Waals surface area contributed by atoms with Gasteiger partial charge in [-0.25, -0.2) is 4.98 Å². The lowest BCUT2D eigenvalue weighted by molar-refractivity contribution is -0.114. The van der Waals surface area contributed by atoms with Gasteiger partial charge >= 0.3 is 0 Å². The topological polar surface area (TPSA) is 103 Å². The zero-order chi connectivity index (χ0) is 16.0. The number of hydrogen-bond acceptors (Lipinski definition) is 5. The van der Waals surface area contributed by atoms with Gasteiger partial charge in [0.2, 0.25) is 5.91 Å². The zero-order valence-electron chi connectivity index (χ0n) is 11.2. The third-order valence-electron chi connectivity index (χ3n) is 3.08. The van der Waals surface area contributed by atoms with Gasteiger partial charge in [-0.2, -0.15) is 0 Å². The Kier molecular flexibility index (Phi) is 3.38. The Labute approximate surface area is 133 Å². The van der Waals surface area contributed by atoms with Crippen molar-refractivity contribution >= 4 is 60.6 Å². The first-order valence-corrected chi connectivity index (χ1v) is 7.36. The lowest BCUT2D eigenvalue weighted by Gasteiger charge is -2.03. The number of aromatic nitrogens is 1. The quantitative estimate of drug-likeness (QED) is 0.702. The van der Waals surface area contributed by atoms with E-state index in [1.165, 1.54) is 18.3 Å². The number of nitrogens with one attached hydrogen (secondary N) is 2. The molecular weight excluding hydrogens is 326 g/mol. The number of aromatic hydroxyl groups is 1. The molecule has 0 saturated heterocycles. The van der Waals surface area contributed by atoms with Crippen LogP contribution in [-0.2, 0) is 4.79 Å². The Morgan fingerprint density at radius 3 is 2.77 bits per heavy atom. The van der Waals surface area contributed by atoms with E-state index in [9.17, 15) is 14.7 Å². The summed E-state index contributed by atoms with van der Waals surface area (Å²) in [7, 11) is 0. The van der Waals surface area contributed by atoms with Crippen molar-refractivity contribution in [2.75, 3.05) is 5.32 Å². The fourth-order valence-corrected chi connectivity index (χ4v) is 3.69. The van der Waals surface area contributed by atoms with Crippen LogP contribution < -0.4 is 11.1 Å². The fraction of sp³-hybridized carbons (Fsp3) is 0.0714. The second-order valence-corrected chi connectivity index (χ2v) is 6.04. The van der Waals surface area contributed by atoms with Gasteiger partial charge < -0.3 is 10.4 Å². The molecule has 0 unspecified atom stereocenters. The normalized spacial score (nSPS) is 11.0. The number of pyridine rings is 1. The van der Waals surface area contributed by atoms with Crippen LogP contribution in [0.5, 0.6) is 5.75 Å². The number of anilines is 1. The third kappa shape index (κ3) is 2.24. The minimum absolute atomic E-state index is 0.0367. The van der Waals surface area contributed by atoms with E-state index in [4.69, 9.17) is 17.3 Å². The van der Waals surface area contributed by atoms with E-state index in [0.717, 1.165) is 4.70 Å². The molecule has 2 heterocycles. The standard InChI is InChI=1S/C14H9ClN3O3S/c1-5(19)17-6-2-3-8-7(4-6)9-12(22-8)11(20)10(14(16)21)18-13(9)15/h2-4,16,20H,1H3,(H,17,19). The summed E-state index contributed by atoms with van der Waals surface area (Å²) >= 11 is 7.36. The molecule has 3 rings (SSSR count). The summed E-state index contributed by atoms with van der Waals surface area (Å²) in [5.41, 5.74) is 7.34. The number of carbonyl (C=O) groups is 2. The largest absolute Gasteiger partial charge is 0.504 e. The van der Waals surface area contributed by atoms with E-state index >= 15 is 0 Å². The number of carbonyl (C=O) groups excluding carboxylic acids is 2. The van der Waals surface area contributed by atoms with Gasteiger partial charge in [0.1, 0.15) is 5.15 Å². The Morgan fingerprint density at radius 2 is 2.14 bits per heavy atom. The SMILES string of the molecule is CC(=O)Nc1ccc2sc3c(O)c(C([NH])=O)nc(Cl)c3c2c1. The van der Waals surface area contributed by atoms with Crippen molar-refractivity contribution in [3.05, 3.63) is 29.0 Å². The second-order valence-electron chi connectivity index (χ2n) is 4.63. The third-order valence-corrected chi connectivity index (χ3v) is 4.53. The van der Waals surface area contributed by atoms with Crippen molar-refractivity contribution in [3.8, 4) is 5.75 Å². The first kappa shape index (κ1) is 14.6. The Morgan fingerprint density at radius 1 is 1.41 bits per heavy atom. The predicted octanol–water partition coefficient (Wildman–Crippen LogP) is 3.19. The van der Waals surface area contributed by atoms with E-state index in [1.54, 1.807) is 18.2 Å². The maximum absolute atomic E-state index is 11.2. The van der Waals surface area contributed by atoms with Gasteiger partial charge in [-0.05, 0) is 18.2 Å². The summed E-state index contributed by atoms with van der Waals surface area (Å²) in [6.07, 6.45) is 0. The van der Waals surface area contributed by atoms with Gasteiger partial charge in [-0.3, -0.25) is 15.3 Å². The average Bonchev–Trinajstić information content (AvgIpc) is 2.81. The first-order valence-electron chi connectivity index (χ1n) is 6.16. The van der Waals surface area contributed by atoms with Gasteiger partial charge in [-0.1, -0.05) is 11.6 Å². The number of fused-ring (bicyclic) bond motifs is 3. The van der Waals surface area contributed by atoms with Crippen LogP contribution in [0.15, 0.2) is 18.2 Å². The van der Waals surface area contributed by atoms with Crippen molar-refractivity contribution in [1.29, 1.82) is 0 Å². The van der Waals surface area contributed by atoms with E-state index in [-0.39, 0.29) is 22.5 Å². The summed E-state index contributed by atoms with van der Waals surface area (Å²) in [6, 6.07) is 5.24. The van der Waals surface area contributed by atoms with Crippen LogP contribution in [0.1, 0.15) is 17.4 Å². The molecule has 2 aromatic heterocycles. The van der Waals surface area contributed by atoms with Gasteiger partial charge in [0.25, 0.3) is 5.91 Å². The average molecular weight is 335 g/mol. The molecule has 0 aliphatic carbocycles. The van der Waals surface area contributed by atoms with Crippen LogP contribution in [-0.4, -0.2) is 21.9 Å². The van der Waals surface area contributed by atoms with Gasteiger partial charge in [0.15, 0.2) is 11.4 Å². The van der Waals surface area contributed by atoms with Crippen molar-refractivity contribution in [3.63, 3.8) is 0 Å². The number of nitrogens with zero attached hydrogens (tertiary/aromatic N) is 1. The second kappa shape index (κ2) is 5.11. The zero-order valence-corrected chi connectivity index (χ0v) is 12.8. The van der Waals surface area contributed by atoms with Crippen LogP contribution in [0.25, 0.3) is 20.2 Å². The van der Waals surface area contributed by atoms with Crippen molar-refractivity contribution in [2.45, 2.75) is 6.92 Å². The molecule has 0 aliphatic rings. The molecule has 111 valence electrons.